The molecule has 0 unspecified atom stereocenters. The number of anilines is 1. The number of hydrogen-bond acceptors (Lipinski definition) is 4. The number of pyridine rings is 1. The number of aromatic nitrogens is 1. The summed E-state index contributed by atoms with van der Waals surface area (Å²) in [6.45, 7) is 1.77. The first-order valence-corrected chi connectivity index (χ1v) is 9.57. The van der Waals surface area contributed by atoms with Gasteiger partial charge >= 0.3 is 0 Å². The number of rotatable bonds is 3. The standard InChI is InChI=1S/C15H14N2O2.C9H7N/c18-17(19)14-6-7-15-13(10-14)8-9-16(15)11-12-4-2-1-3-5-12;1-2-6-9-8(4-1)5-3-7-10-9/h1-7,10H,8-9,11H2;1-7H. The molecule has 5 nitrogen and oxygen atoms in total. The Kier molecular flexibility index (Phi) is 5.47. The number of hydrogen-bond donors (Lipinski definition) is 0. The van der Waals surface area contributed by atoms with E-state index < -0.39 is 0 Å². The molecule has 5 rings (SSSR count). The first-order chi connectivity index (χ1) is 14.2. The Balaban J connectivity index is 0.000000171. The van der Waals surface area contributed by atoms with Crippen LogP contribution in [-0.2, 0) is 13.0 Å². The van der Waals surface area contributed by atoms with E-state index in [0.717, 1.165) is 36.3 Å². The van der Waals surface area contributed by atoms with Crippen LogP contribution in [0.5, 0.6) is 0 Å². The van der Waals surface area contributed by atoms with Crippen LogP contribution in [0.15, 0.2) is 91.1 Å². The second-order valence-electron chi connectivity index (χ2n) is 6.92. The van der Waals surface area contributed by atoms with Gasteiger partial charge in [0.2, 0.25) is 0 Å². The quantitative estimate of drug-likeness (QED) is 0.351. The highest BCUT2D eigenvalue weighted by atomic mass is 16.6. The molecule has 0 N–H and O–H groups in total. The summed E-state index contributed by atoms with van der Waals surface area (Å²) in [5, 5.41) is 12.0. The molecule has 0 aliphatic carbocycles. The monoisotopic (exact) mass is 383 g/mol. The molecule has 29 heavy (non-hydrogen) atoms. The molecular weight excluding hydrogens is 362 g/mol. The Morgan fingerprint density at radius 1 is 0.931 bits per heavy atom. The van der Waals surface area contributed by atoms with Crippen LogP contribution in [0, 0.1) is 10.1 Å². The second-order valence-corrected chi connectivity index (χ2v) is 6.92. The van der Waals surface area contributed by atoms with E-state index in [9.17, 15) is 10.1 Å². The van der Waals surface area contributed by atoms with Crippen LogP contribution in [0.25, 0.3) is 10.9 Å². The lowest BCUT2D eigenvalue weighted by Gasteiger charge is -2.19. The molecule has 144 valence electrons. The zero-order valence-corrected chi connectivity index (χ0v) is 15.9. The van der Waals surface area contributed by atoms with Crippen LogP contribution in [0.4, 0.5) is 11.4 Å². The summed E-state index contributed by atoms with van der Waals surface area (Å²) in [7, 11) is 0. The number of non-ortho nitro benzene ring substituents is 1. The normalized spacial score (nSPS) is 12.2. The summed E-state index contributed by atoms with van der Waals surface area (Å²) < 4.78 is 0. The van der Waals surface area contributed by atoms with Crippen molar-refractivity contribution < 1.29 is 4.92 Å². The molecular formula is C24H21N3O2. The fourth-order valence-electron chi connectivity index (χ4n) is 3.55. The van der Waals surface area contributed by atoms with Gasteiger partial charge in [0, 0.05) is 42.5 Å². The molecule has 0 amide bonds. The molecule has 0 saturated heterocycles. The molecule has 4 aromatic rings. The number of nitro groups is 1. The predicted octanol–water partition coefficient (Wildman–Crippen LogP) is 5.39. The van der Waals surface area contributed by atoms with Crippen molar-refractivity contribution >= 4 is 22.3 Å². The lowest BCUT2D eigenvalue weighted by atomic mass is 10.1. The minimum absolute atomic E-state index is 0.181. The highest BCUT2D eigenvalue weighted by Crippen LogP contribution is 2.32. The van der Waals surface area contributed by atoms with E-state index in [1.807, 2.05) is 54.7 Å². The summed E-state index contributed by atoms with van der Waals surface area (Å²) >= 11 is 0. The van der Waals surface area contributed by atoms with Gasteiger partial charge in [0.05, 0.1) is 10.4 Å². The minimum atomic E-state index is -0.333. The molecule has 0 radical (unpaired) electrons. The van der Waals surface area contributed by atoms with Gasteiger partial charge in [-0.25, -0.2) is 0 Å². The van der Waals surface area contributed by atoms with Crippen molar-refractivity contribution in [2.45, 2.75) is 13.0 Å². The average molecular weight is 383 g/mol. The maximum atomic E-state index is 10.8. The molecule has 5 heteroatoms. The fraction of sp³-hybridized carbons (Fsp3) is 0.125. The summed E-state index contributed by atoms with van der Waals surface area (Å²) in [4.78, 5) is 16.9. The first-order valence-electron chi connectivity index (χ1n) is 9.57. The molecule has 1 aliphatic heterocycles. The number of fused-ring (bicyclic) bond motifs is 2. The molecule has 1 aromatic heterocycles. The van der Waals surface area contributed by atoms with Gasteiger partial charge in [0.15, 0.2) is 0 Å². The third kappa shape index (κ3) is 4.41. The number of benzene rings is 3. The summed E-state index contributed by atoms with van der Waals surface area (Å²) in [6.07, 6.45) is 2.69. The number of nitrogens with zero attached hydrogens (tertiary/aromatic N) is 3. The van der Waals surface area contributed by atoms with Gasteiger partial charge in [-0.1, -0.05) is 54.6 Å². The van der Waals surface area contributed by atoms with E-state index >= 15 is 0 Å². The lowest BCUT2D eigenvalue weighted by molar-refractivity contribution is -0.384. The average Bonchev–Trinajstić information content (AvgIpc) is 3.17. The van der Waals surface area contributed by atoms with Crippen molar-refractivity contribution in [3.63, 3.8) is 0 Å². The molecule has 0 saturated carbocycles. The van der Waals surface area contributed by atoms with Crippen molar-refractivity contribution in [1.82, 2.24) is 4.98 Å². The highest BCUT2D eigenvalue weighted by molar-refractivity contribution is 5.77. The van der Waals surface area contributed by atoms with E-state index in [4.69, 9.17) is 0 Å². The third-order valence-electron chi connectivity index (χ3n) is 4.99. The Hall–Kier alpha value is -3.73. The molecule has 1 aliphatic rings. The van der Waals surface area contributed by atoms with Gasteiger partial charge in [0.1, 0.15) is 0 Å². The summed E-state index contributed by atoms with van der Waals surface area (Å²) in [5.74, 6) is 0. The Labute approximate surface area is 169 Å². The third-order valence-corrected chi connectivity index (χ3v) is 4.99. The van der Waals surface area contributed by atoms with Gasteiger partial charge in [0.25, 0.3) is 5.69 Å². The van der Waals surface area contributed by atoms with Gasteiger partial charge in [-0.2, -0.15) is 0 Å². The van der Waals surface area contributed by atoms with Crippen LogP contribution in [0.2, 0.25) is 0 Å². The molecule has 0 bridgehead atoms. The first kappa shape index (κ1) is 18.6. The van der Waals surface area contributed by atoms with Gasteiger partial charge in [-0.15, -0.1) is 0 Å². The van der Waals surface area contributed by atoms with Crippen molar-refractivity contribution in [2.75, 3.05) is 11.4 Å². The summed E-state index contributed by atoms with van der Waals surface area (Å²) in [6, 6.07) is 27.5. The SMILES string of the molecule is O=[N+]([O-])c1ccc2c(c1)CCN2Cc1ccccc1.c1ccc2ncccc2c1. The smallest absolute Gasteiger partial charge is 0.269 e. The molecule has 0 atom stereocenters. The van der Waals surface area contributed by atoms with Gasteiger partial charge < -0.3 is 4.90 Å². The lowest BCUT2D eigenvalue weighted by Crippen LogP contribution is -2.19. The van der Waals surface area contributed by atoms with Crippen molar-refractivity contribution in [2.24, 2.45) is 0 Å². The molecule has 2 heterocycles. The van der Waals surface area contributed by atoms with Crippen LogP contribution >= 0.6 is 0 Å². The maximum Gasteiger partial charge on any atom is 0.269 e. The Bertz CT molecular complexity index is 1060. The van der Waals surface area contributed by atoms with E-state index in [0.29, 0.717) is 0 Å². The molecule has 0 fully saturated rings. The molecule has 0 spiro atoms. The highest BCUT2D eigenvalue weighted by Gasteiger charge is 2.21. The van der Waals surface area contributed by atoms with Crippen LogP contribution < -0.4 is 4.90 Å². The predicted molar refractivity (Wildman–Crippen MR) is 116 cm³/mol. The van der Waals surface area contributed by atoms with Gasteiger partial charge in [-0.3, -0.25) is 15.1 Å². The zero-order valence-electron chi connectivity index (χ0n) is 15.9. The minimum Gasteiger partial charge on any atom is -0.367 e. The summed E-state index contributed by atoms with van der Waals surface area (Å²) in [5.41, 5.74) is 4.69. The van der Waals surface area contributed by atoms with Gasteiger partial charge in [-0.05, 0) is 35.7 Å². The largest absolute Gasteiger partial charge is 0.367 e. The van der Waals surface area contributed by atoms with Crippen molar-refractivity contribution in [3.05, 3.63) is 112 Å². The van der Waals surface area contributed by atoms with Crippen molar-refractivity contribution in [3.8, 4) is 0 Å². The fourth-order valence-corrected chi connectivity index (χ4v) is 3.55. The van der Waals surface area contributed by atoms with E-state index in [1.165, 1.54) is 10.9 Å². The number of para-hydroxylation sites is 1. The van der Waals surface area contributed by atoms with E-state index in [-0.39, 0.29) is 10.6 Å². The number of nitro benzene ring substituents is 1. The van der Waals surface area contributed by atoms with Crippen LogP contribution in [0.1, 0.15) is 11.1 Å². The van der Waals surface area contributed by atoms with Crippen LogP contribution in [-0.4, -0.2) is 16.5 Å². The molecule has 3 aromatic carbocycles. The van der Waals surface area contributed by atoms with E-state index in [1.54, 1.807) is 12.1 Å². The Morgan fingerprint density at radius 2 is 1.69 bits per heavy atom. The Morgan fingerprint density at radius 3 is 2.48 bits per heavy atom. The maximum absolute atomic E-state index is 10.8. The topological polar surface area (TPSA) is 59.3 Å². The van der Waals surface area contributed by atoms with E-state index in [2.05, 4.69) is 34.1 Å². The zero-order chi connectivity index (χ0) is 20.1. The van der Waals surface area contributed by atoms with Crippen molar-refractivity contribution in [1.29, 1.82) is 0 Å². The second kappa shape index (κ2) is 8.52. The van der Waals surface area contributed by atoms with Crippen LogP contribution in [0.3, 0.4) is 0 Å².